The number of rotatable bonds is 6. The van der Waals surface area contributed by atoms with Gasteiger partial charge in [0.1, 0.15) is 5.54 Å². The van der Waals surface area contributed by atoms with Crippen molar-refractivity contribution in [1.29, 1.82) is 0 Å². The number of nitrogens with one attached hydrogen (secondary N) is 1. The van der Waals surface area contributed by atoms with Crippen molar-refractivity contribution in [3.8, 4) is 0 Å². The first kappa shape index (κ1) is 21.8. The summed E-state index contributed by atoms with van der Waals surface area (Å²) in [6, 6.07) is 8.33. The van der Waals surface area contributed by atoms with Gasteiger partial charge in [0.15, 0.2) is 0 Å². The summed E-state index contributed by atoms with van der Waals surface area (Å²) in [6.07, 6.45) is 6.63. The summed E-state index contributed by atoms with van der Waals surface area (Å²) in [5, 5.41) is 3.40. The van der Waals surface area contributed by atoms with E-state index in [1.807, 2.05) is 20.8 Å². The fraction of sp³-hybridized carbons (Fsp3) is 0.667. The summed E-state index contributed by atoms with van der Waals surface area (Å²) >= 11 is 0. The van der Waals surface area contributed by atoms with Gasteiger partial charge >= 0.3 is 11.9 Å². The van der Waals surface area contributed by atoms with Crippen LogP contribution >= 0.6 is 0 Å². The van der Waals surface area contributed by atoms with E-state index in [0.29, 0.717) is 18.9 Å². The number of hydrogen-bond donors (Lipinski definition) is 1. The average Bonchev–Trinajstić information content (AvgIpc) is 3.08. The molecule has 2 aliphatic rings. The molecule has 1 heterocycles. The Balaban J connectivity index is 1.82. The van der Waals surface area contributed by atoms with E-state index in [0.717, 1.165) is 5.56 Å². The van der Waals surface area contributed by atoms with Crippen LogP contribution in [0.3, 0.4) is 0 Å². The lowest BCUT2D eigenvalue weighted by atomic mass is 9.83. The summed E-state index contributed by atoms with van der Waals surface area (Å²) in [5.74, 6) is -0.354. The molecule has 0 amide bonds. The second-order valence-electron chi connectivity index (χ2n) is 8.97. The Morgan fingerprint density at radius 1 is 1.10 bits per heavy atom. The normalized spacial score (nSPS) is 27.8. The molecule has 0 bridgehead atoms. The Morgan fingerprint density at radius 2 is 1.72 bits per heavy atom. The maximum absolute atomic E-state index is 12.7. The van der Waals surface area contributed by atoms with Crippen molar-refractivity contribution in [2.24, 2.45) is 5.92 Å². The zero-order valence-electron chi connectivity index (χ0n) is 18.2. The monoisotopic (exact) mass is 401 g/mol. The van der Waals surface area contributed by atoms with Crippen molar-refractivity contribution in [2.45, 2.75) is 89.8 Å². The molecular weight excluding hydrogens is 366 g/mol. The minimum absolute atomic E-state index is 0.198. The minimum Gasteiger partial charge on any atom is -0.466 e. The number of carbonyl (C=O) groups is 2. The molecule has 0 radical (unpaired) electrons. The van der Waals surface area contributed by atoms with E-state index in [1.165, 1.54) is 37.7 Å². The van der Waals surface area contributed by atoms with Gasteiger partial charge in [-0.3, -0.25) is 14.9 Å². The average molecular weight is 402 g/mol. The van der Waals surface area contributed by atoms with E-state index in [-0.39, 0.29) is 24.1 Å². The number of esters is 2. The van der Waals surface area contributed by atoms with Gasteiger partial charge in [-0.15, -0.1) is 0 Å². The molecular formula is C24H35NO4. The first-order chi connectivity index (χ1) is 13.8. The van der Waals surface area contributed by atoms with Gasteiger partial charge in [-0.05, 0) is 64.0 Å². The SMILES string of the molecule is CCOC(=O)[C@H]1C[C@@](C)(C(=O)OC(C)C)N[C@H]1c1ccc(C2CCCCC2)cc1. The predicted molar refractivity (Wildman–Crippen MR) is 113 cm³/mol. The van der Waals surface area contributed by atoms with Crippen LogP contribution in [0.1, 0.15) is 89.3 Å². The maximum atomic E-state index is 12.7. The maximum Gasteiger partial charge on any atom is 0.326 e. The van der Waals surface area contributed by atoms with Gasteiger partial charge in [-0.25, -0.2) is 0 Å². The van der Waals surface area contributed by atoms with Crippen LogP contribution in [0.4, 0.5) is 0 Å². The van der Waals surface area contributed by atoms with Crippen LogP contribution in [-0.2, 0) is 19.1 Å². The zero-order valence-corrected chi connectivity index (χ0v) is 18.2. The highest BCUT2D eigenvalue weighted by Gasteiger charge is 2.51. The van der Waals surface area contributed by atoms with Gasteiger partial charge in [0.05, 0.1) is 18.6 Å². The smallest absolute Gasteiger partial charge is 0.326 e. The van der Waals surface area contributed by atoms with Crippen LogP contribution in [-0.4, -0.2) is 30.2 Å². The van der Waals surface area contributed by atoms with E-state index >= 15 is 0 Å². The van der Waals surface area contributed by atoms with Crippen LogP contribution < -0.4 is 5.32 Å². The van der Waals surface area contributed by atoms with Crippen LogP contribution in [0, 0.1) is 5.92 Å². The lowest BCUT2D eigenvalue weighted by Gasteiger charge is -2.25. The van der Waals surface area contributed by atoms with E-state index in [9.17, 15) is 9.59 Å². The molecule has 1 aromatic carbocycles. The molecule has 1 saturated heterocycles. The number of carbonyl (C=O) groups excluding carboxylic acids is 2. The fourth-order valence-corrected chi connectivity index (χ4v) is 4.74. The van der Waals surface area contributed by atoms with E-state index in [1.54, 1.807) is 6.92 Å². The van der Waals surface area contributed by atoms with Crippen molar-refractivity contribution >= 4 is 11.9 Å². The van der Waals surface area contributed by atoms with E-state index in [2.05, 4.69) is 29.6 Å². The van der Waals surface area contributed by atoms with Crippen molar-refractivity contribution in [3.63, 3.8) is 0 Å². The molecule has 29 heavy (non-hydrogen) atoms. The lowest BCUT2D eigenvalue weighted by molar-refractivity contribution is -0.154. The van der Waals surface area contributed by atoms with E-state index < -0.39 is 11.5 Å². The Morgan fingerprint density at radius 3 is 2.31 bits per heavy atom. The standard InChI is InChI=1S/C24H35NO4/c1-5-28-22(26)20-15-24(4,23(27)29-16(2)3)25-21(20)19-13-11-18(12-14-19)17-9-7-6-8-10-17/h11-14,16-17,20-21,25H,5-10,15H2,1-4H3/t20-,21-,24-/m0/s1. The lowest BCUT2D eigenvalue weighted by Crippen LogP contribution is -2.47. The Bertz CT molecular complexity index is 708. The number of hydrogen-bond acceptors (Lipinski definition) is 5. The van der Waals surface area contributed by atoms with E-state index in [4.69, 9.17) is 9.47 Å². The molecule has 0 spiro atoms. The number of benzene rings is 1. The second-order valence-corrected chi connectivity index (χ2v) is 8.97. The molecule has 1 N–H and O–H groups in total. The molecule has 2 fully saturated rings. The highest BCUT2D eigenvalue weighted by Crippen LogP contribution is 2.40. The molecule has 5 nitrogen and oxygen atoms in total. The third-order valence-corrected chi connectivity index (χ3v) is 6.26. The van der Waals surface area contributed by atoms with Gasteiger partial charge in [-0.2, -0.15) is 0 Å². The molecule has 1 aliphatic carbocycles. The van der Waals surface area contributed by atoms with Gasteiger partial charge in [0.25, 0.3) is 0 Å². The Labute approximate surface area is 174 Å². The highest BCUT2D eigenvalue weighted by molar-refractivity contribution is 5.84. The summed E-state index contributed by atoms with van der Waals surface area (Å²) in [5.41, 5.74) is 1.49. The predicted octanol–water partition coefficient (Wildman–Crippen LogP) is 4.66. The van der Waals surface area contributed by atoms with Crippen molar-refractivity contribution < 1.29 is 19.1 Å². The van der Waals surface area contributed by atoms with Crippen LogP contribution in [0.15, 0.2) is 24.3 Å². The second kappa shape index (κ2) is 9.29. The molecule has 0 unspecified atom stereocenters. The Kier molecular flexibility index (Phi) is 6.99. The van der Waals surface area contributed by atoms with Gasteiger partial charge in [0.2, 0.25) is 0 Å². The molecule has 0 aromatic heterocycles. The quantitative estimate of drug-likeness (QED) is 0.703. The van der Waals surface area contributed by atoms with Crippen LogP contribution in [0.2, 0.25) is 0 Å². The molecule has 3 rings (SSSR count). The molecule has 1 aromatic rings. The summed E-state index contributed by atoms with van der Waals surface area (Å²) < 4.78 is 10.8. The van der Waals surface area contributed by atoms with Crippen molar-refractivity contribution in [1.82, 2.24) is 5.32 Å². The fourth-order valence-electron chi connectivity index (χ4n) is 4.74. The summed E-state index contributed by atoms with van der Waals surface area (Å²) in [7, 11) is 0. The Hall–Kier alpha value is -1.88. The molecule has 3 atom stereocenters. The first-order valence-electron chi connectivity index (χ1n) is 11.1. The van der Waals surface area contributed by atoms with Crippen LogP contribution in [0.25, 0.3) is 0 Å². The molecule has 1 saturated carbocycles. The molecule has 5 heteroatoms. The van der Waals surface area contributed by atoms with Crippen molar-refractivity contribution in [3.05, 3.63) is 35.4 Å². The van der Waals surface area contributed by atoms with Gasteiger partial charge in [0, 0.05) is 6.04 Å². The van der Waals surface area contributed by atoms with Crippen molar-refractivity contribution in [2.75, 3.05) is 6.61 Å². The van der Waals surface area contributed by atoms with Gasteiger partial charge < -0.3 is 9.47 Å². The molecule has 160 valence electrons. The van der Waals surface area contributed by atoms with Gasteiger partial charge in [-0.1, -0.05) is 43.5 Å². The summed E-state index contributed by atoms with van der Waals surface area (Å²) in [6.45, 7) is 7.62. The third kappa shape index (κ3) is 5.00. The highest BCUT2D eigenvalue weighted by atomic mass is 16.5. The minimum atomic E-state index is -0.908. The third-order valence-electron chi connectivity index (χ3n) is 6.26. The first-order valence-corrected chi connectivity index (χ1v) is 11.1. The number of ether oxygens (including phenoxy) is 2. The largest absolute Gasteiger partial charge is 0.466 e. The topological polar surface area (TPSA) is 64.6 Å². The molecule has 1 aliphatic heterocycles. The van der Waals surface area contributed by atoms with Crippen LogP contribution in [0.5, 0.6) is 0 Å². The summed E-state index contributed by atoms with van der Waals surface area (Å²) in [4.78, 5) is 25.4. The zero-order chi connectivity index (χ0) is 21.0.